The van der Waals surface area contributed by atoms with Gasteiger partial charge >= 0.3 is 0 Å². The number of anilines is 2. The largest absolute Gasteiger partial charge is 0.356 e. The summed E-state index contributed by atoms with van der Waals surface area (Å²) in [4.78, 5) is 16.5. The van der Waals surface area contributed by atoms with E-state index in [0.717, 1.165) is 16.5 Å². The van der Waals surface area contributed by atoms with Crippen molar-refractivity contribution >= 4 is 38.4 Å². The Morgan fingerprint density at radius 1 is 1.06 bits per heavy atom. The monoisotopic (exact) mass is 436 g/mol. The van der Waals surface area contributed by atoms with E-state index in [1.54, 1.807) is 18.2 Å². The highest BCUT2D eigenvalue weighted by Gasteiger charge is 2.17. The Hall–Kier alpha value is -3.72. The number of benzene rings is 2. The van der Waals surface area contributed by atoms with Crippen LogP contribution in [-0.4, -0.2) is 24.5 Å². The van der Waals surface area contributed by atoms with E-state index in [2.05, 4.69) is 20.2 Å². The molecule has 9 heteroatoms. The zero-order valence-electron chi connectivity index (χ0n) is 16.9. The summed E-state index contributed by atoms with van der Waals surface area (Å²) >= 11 is 0. The van der Waals surface area contributed by atoms with Crippen LogP contribution in [0.2, 0.25) is 0 Å². The predicted octanol–water partition coefficient (Wildman–Crippen LogP) is 3.82. The van der Waals surface area contributed by atoms with Gasteiger partial charge in [-0.05, 0) is 67.4 Å². The van der Waals surface area contributed by atoms with E-state index in [1.165, 1.54) is 30.5 Å². The molecule has 8 nitrogen and oxygen atoms in total. The Morgan fingerprint density at radius 2 is 1.84 bits per heavy atom. The molecule has 2 N–H and O–H groups in total. The summed E-state index contributed by atoms with van der Waals surface area (Å²) in [6.45, 7) is 3.91. The van der Waals surface area contributed by atoms with Crippen molar-refractivity contribution in [3.63, 3.8) is 0 Å². The van der Waals surface area contributed by atoms with Gasteiger partial charge in [0.05, 0.1) is 11.3 Å². The van der Waals surface area contributed by atoms with Crippen LogP contribution in [0.15, 0.2) is 70.2 Å². The first-order chi connectivity index (χ1) is 14.8. The number of carbonyl (C=O) groups is 1. The fraction of sp³-hybridized carbons (Fsp3) is 0.136. The number of sulfonamides is 1. The Morgan fingerprint density at radius 3 is 2.55 bits per heavy atom. The molecule has 0 unspecified atom stereocenters. The maximum Gasteiger partial charge on any atom is 0.263 e. The number of carbonyl (C=O) groups excluding carboxylic acids is 1. The fourth-order valence-electron chi connectivity index (χ4n) is 3.26. The standard InChI is InChI=1S/C22H20N4O4S/c1-14-11-15(2)22-18(12-14)19(25-30-22)13-21(27)24-16-6-8-17(9-7-16)31(28,29)26-20-5-3-4-10-23-20/h3-12H,13H2,1-2H3,(H,23,26)(H,24,27). The minimum absolute atomic E-state index is 0.0389. The molecule has 0 atom stereocenters. The van der Waals surface area contributed by atoms with Gasteiger partial charge in [-0.1, -0.05) is 17.3 Å². The molecular weight excluding hydrogens is 416 g/mol. The van der Waals surface area contributed by atoms with Crippen LogP contribution >= 0.6 is 0 Å². The van der Waals surface area contributed by atoms with Crippen LogP contribution in [0.1, 0.15) is 16.8 Å². The third kappa shape index (κ3) is 4.56. The molecule has 158 valence electrons. The van der Waals surface area contributed by atoms with Crippen LogP contribution in [0.25, 0.3) is 11.0 Å². The quantitative estimate of drug-likeness (QED) is 0.475. The summed E-state index contributed by atoms with van der Waals surface area (Å²) in [7, 11) is -3.78. The number of nitrogens with one attached hydrogen (secondary N) is 2. The van der Waals surface area contributed by atoms with Crippen LogP contribution in [0.4, 0.5) is 11.5 Å². The topological polar surface area (TPSA) is 114 Å². The second-order valence-corrected chi connectivity index (χ2v) is 8.84. The molecule has 0 saturated heterocycles. The molecule has 0 aliphatic rings. The Bertz CT molecular complexity index is 1350. The van der Waals surface area contributed by atoms with Crippen LogP contribution in [0, 0.1) is 13.8 Å². The highest BCUT2D eigenvalue weighted by atomic mass is 32.2. The lowest BCUT2D eigenvalue weighted by Gasteiger charge is -2.08. The molecule has 0 fully saturated rings. The van der Waals surface area contributed by atoms with Crippen molar-refractivity contribution in [2.45, 2.75) is 25.2 Å². The molecule has 0 aliphatic heterocycles. The van der Waals surface area contributed by atoms with E-state index in [-0.39, 0.29) is 23.0 Å². The maximum absolute atomic E-state index is 12.5. The smallest absolute Gasteiger partial charge is 0.263 e. The summed E-state index contributed by atoms with van der Waals surface area (Å²) in [5.74, 6) is -0.0539. The van der Waals surface area contributed by atoms with Crippen LogP contribution in [0.3, 0.4) is 0 Å². The number of hydrogen-bond acceptors (Lipinski definition) is 6. The molecule has 2 heterocycles. The van der Waals surface area contributed by atoms with Crippen molar-refractivity contribution < 1.29 is 17.7 Å². The average Bonchev–Trinajstić information content (AvgIpc) is 3.11. The SMILES string of the molecule is Cc1cc(C)c2onc(CC(=O)Nc3ccc(S(=O)(=O)Nc4ccccn4)cc3)c2c1. The van der Waals surface area contributed by atoms with Gasteiger partial charge in [-0.2, -0.15) is 0 Å². The van der Waals surface area contributed by atoms with Gasteiger partial charge in [-0.15, -0.1) is 0 Å². The first-order valence-corrected chi connectivity index (χ1v) is 11.0. The molecule has 2 aromatic carbocycles. The van der Waals surface area contributed by atoms with Gasteiger partial charge in [0.1, 0.15) is 11.5 Å². The number of rotatable bonds is 6. The van der Waals surface area contributed by atoms with Gasteiger partial charge in [0.15, 0.2) is 5.58 Å². The number of amides is 1. The lowest BCUT2D eigenvalue weighted by Crippen LogP contribution is -2.16. The second-order valence-electron chi connectivity index (χ2n) is 7.16. The molecule has 0 spiro atoms. The maximum atomic E-state index is 12.5. The zero-order chi connectivity index (χ0) is 22.0. The number of aromatic nitrogens is 2. The van der Waals surface area contributed by atoms with Crippen LogP contribution in [0.5, 0.6) is 0 Å². The Labute approximate surface area is 179 Å². The lowest BCUT2D eigenvalue weighted by molar-refractivity contribution is -0.115. The normalized spacial score (nSPS) is 11.4. The number of fused-ring (bicyclic) bond motifs is 1. The molecule has 1 amide bonds. The summed E-state index contributed by atoms with van der Waals surface area (Å²) in [6.07, 6.45) is 1.54. The van der Waals surface area contributed by atoms with E-state index < -0.39 is 10.0 Å². The second kappa shape index (κ2) is 8.19. The van der Waals surface area contributed by atoms with Crippen molar-refractivity contribution in [1.82, 2.24) is 10.1 Å². The molecule has 31 heavy (non-hydrogen) atoms. The predicted molar refractivity (Wildman–Crippen MR) is 117 cm³/mol. The highest BCUT2D eigenvalue weighted by Crippen LogP contribution is 2.24. The number of nitrogens with zero attached hydrogens (tertiary/aromatic N) is 2. The Kier molecular flexibility index (Phi) is 5.43. The van der Waals surface area contributed by atoms with Gasteiger partial charge in [-0.25, -0.2) is 13.4 Å². The van der Waals surface area contributed by atoms with E-state index in [9.17, 15) is 13.2 Å². The van der Waals surface area contributed by atoms with Gasteiger partial charge in [0, 0.05) is 17.3 Å². The molecule has 0 aliphatic carbocycles. The minimum Gasteiger partial charge on any atom is -0.356 e. The first-order valence-electron chi connectivity index (χ1n) is 9.51. The zero-order valence-corrected chi connectivity index (χ0v) is 17.7. The summed E-state index contributed by atoms with van der Waals surface area (Å²) in [6, 6.07) is 14.8. The number of hydrogen-bond donors (Lipinski definition) is 2. The summed E-state index contributed by atoms with van der Waals surface area (Å²) in [5, 5.41) is 7.60. The molecular formula is C22H20N4O4S. The first kappa shape index (κ1) is 20.5. The van der Waals surface area contributed by atoms with E-state index in [1.807, 2.05) is 26.0 Å². The van der Waals surface area contributed by atoms with E-state index in [4.69, 9.17) is 4.52 Å². The van der Waals surface area contributed by atoms with E-state index in [0.29, 0.717) is 17.0 Å². The van der Waals surface area contributed by atoms with Crippen molar-refractivity contribution in [3.05, 3.63) is 77.6 Å². The van der Waals surface area contributed by atoms with Crippen molar-refractivity contribution in [2.24, 2.45) is 0 Å². The van der Waals surface area contributed by atoms with Crippen molar-refractivity contribution in [1.29, 1.82) is 0 Å². The highest BCUT2D eigenvalue weighted by molar-refractivity contribution is 7.92. The Balaban J connectivity index is 1.45. The van der Waals surface area contributed by atoms with Crippen LogP contribution < -0.4 is 10.0 Å². The van der Waals surface area contributed by atoms with Crippen molar-refractivity contribution in [3.8, 4) is 0 Å². The molecule has 0 radical (unpaired) electrons. The lowest BCUT2D eigenvalue weighted by atomic mass is 10.1. The van der Waals surface area contributed by atoms with Gasteiger partial charge in [0.2, 0.25) is 5.91 Å². The third-order valence-corrected chi connectivity index (χ3v) is 6.03. The number of pyridine rings is 1. The van der Waals surface area contributed by atoms with Crippen molar-refractivity contribution in [2.75, 3.05) is 10.0 Å². The molecule has 4 rings (SSSR count). The molecule has 2 aromatic heterocycles. The fourth-order valence-corrected chi connectivity index (χ4v) is 4.27. The summed E-state index contributed by atoms with van der Waals surface area (Å²) in [5.41, 5.74) is 3.72. The van der Waals surface area contributed by atoms with Gasteiger partial charge < -0.3 is 9.84 Å². The average molecular weight is 436 g/mol. The van der Waals surface area contributed by atoms with E-state index >= 15 is 0 Å². The van der Waals surface area contributed by atoms with Gasteiger partial charge in [-0.3, -0.25) is 9.52 Å². The van der Waals surface area contributed by atoms with Gasteiger partial charge in [0.25, 0.3) is 10.0 Å². The summed E-state index contributed by atoms with van der Waals surface area (Å²) < 4.78 is 32.7. The molecule has 0 saturated carbocycles. The minimum atomic E-state index is -3.78. The third-order valence-electron chi connectivity index (χ3n) is 4.66. The molecule has 4 aromatic rings. The van der Waals surface area contributed by atoms with Crippen LogP contribution in [-0.2, 0) is 21.2 Å². The molecule has 0 bridgehead atoms. The number of aryl methyl sites for hydroxylation is 2.